The van der Waals surface area contributed by atoms with Gasteiger partial charge in [-0.05, 0) is 29.9 Å². The Morgan fingerprint density at radius 1 is 1.47 bits per heavy atom. The highest BCUT2D eigenvalue weighted by molar-refractivity contribution is 7.99. The number of hydrogen-bond acceptors (Lipinski definition) is 2. The van der Waals surface area contributed by atoms with Gasteiger partial charge < -0.3 is 5.32 Å². The van der Waals surface area contributed by atoms with Gasteiger partial charge in [0.25, 0.3) is 0 Å². The fourth-order valence-electron chi connectivity index (χ4n) is 1.31. The molecule has 0 aliphatic heterocycles. The Balaban J connectivity index is 2.19. The van der Waals surface area contributed by atoms with Gasteiger partial charge in [0.05, 0.1) is 5.75 Å². The second-order valence-electron chi connectivity index (χ2n) is 3.81. The zero-order valence-corrected chi connectivity index (χ0v) is 11.6. The molecule has 4 heteroatoms. The quantitative estimate of drug-likeness (QED) is 0.769. The van der Waals surface area contributed by atoms with Crippen LogP contribution in [0.1, 0.15) is 25.3 Å². The summed E-state index contributed by atoms with van der Waals surface area (Å²) in [5, 5.41) is 3.59. The van der Waals surface area contributed by atoms with E-state index in [4.69, 9.17) is 11.6 Å². The molecule has 0 spiro atoms. The summed E-state index contributed by atoms with van der Waals surface area (Å²) in [5.41, 5.74) is 1.03. The van der Waals surface area contributed by atoms with Crippen molar-refractivity contribution in [3.63, 3.8) is 0 Å². The van der Waals surface area contributed by atoms with Crippen LogP contribution in [0.15, 0.2) is 24.3 Å². The monoisotopic (exact) mass is 271 g/mol. The molecule has 0 aromatic heterocycles. The number of carbonyl (C=O) groups excluding carboxylic acids is 1. The summed E-state index contributed by atoms with van der Waals surface area (Å²) >= 11 is 7.55. The van der Waals surface area contributed by atoms with E-state index in [0.717, 1.165) is 11.3 Å². The van der Waals surface area contributed by atoms with Crippen molar-refractivity contribution < 1.29 is 4.79 Å². The maximum atomic E-state index is 11.5. The minimum Gasteiger partial charge on any atom is -0.351 e. The second kappa shape index (κ2) is 8.43. The summed E-state index contributed by atoms with van der Waals surface area (Å²) in [6.07, 6.45) is 2.35. The predicted molar refractivity (Wildman–Crippen MR) is 75.5 cm³/mol. The highest BCUT2D eigenvalue weighted by Crippen LogP contribution is 2.10. The van der Waals surface area contributed by atoms with E-state index >= 15 is 0 Å². The van der Waals surface area contributed by atoms with E-state index in [0.29, 0.717) is 17.3 Å². The van der Waals surface area contributed by atoms with Crippen molar-refractivity contribution in [2.24, 2.45) is 0 Å². The standard InChI is InChI=1S/C13H18ClNOS/c1-2-3-7-17-10-13(16)15-9-11-5-4-6-12(14)8-11/h4-6,8H,2-3,7,9-10H2,1H3,(H,15,16). The molecule has 0 bridgehead atoms. The van der Waals surface area contributed by atoms with Crippen LogP contribution in [0.3, 0.4) is 0 Å². The highest BCUT2D eigenvalue weighted by atomic mass is 35.5. The Kier molecular flexibility index (Phi) is 7.13. The van der Waals surface area contributed by atoms with Crippen molar-refractivity contribution in [1.29, 1.82) is 0 Å². The second-order valence-corrected chi connectivity index (χ2v) is 5.35. The van der Waals surface area contributed by atoms with Crippen molar-refractivity contribution in [3.8, 4) is 0 Å². The van der Waals surface area contributed by atoms with Gasteiger partial charge in [0, 0.05) is 11.6 Å². The van der Waals surface area contributed by atoms with E-state index in [1.54, 1.807) is 11.8 Å². The molecule has 0 fully saturated rings. The first-order valence-electron chi connectivity index (χ1n) is 5.81. The van der Waals surface area contributed by atoms with Crippen LogP contribution in [-0.2, 0) is 11.3 Å². The van der Waals surface area contributed by atoms with E-state index in [1.165, 1.54) is 12.8 Å². The van der Waals surface area contributed by atoms with E-state index < -0.39 is 0 Å². The Morgan fingerprint density at radius 3 is 3.00 bits per heavy atom. The van der Waals surface area contributed by atoms with Crippen molar-refractivity contribution in [2.45, 2.75) is 26.3 Å². The summed E-state index contributed by atoms with van der Waals surface area (Å²) < 4.78 is 0. The van der Waals surface area contributed by atoms with E-state index in [1.807, 2.05) is 24.3 Å². The summed E-state index contributed by atoms with van der Waals surface area (Å²) in [5.74, 6) is 1.69. The van der Waals surface area contributed by atoms with Gasteiger partial charge in [-0.3, -0.25) is 4.79 Å². The molecule has 0 atom stereocenters. The highest BCUT2D eigenvalue weighted by Gasteiger charge is 2.01. The molecule has 0 saturated heterocycles. The number of unbranched alkanes of at least 4 members (excludes halogenated alkanes) is 1. The van der Waals surface area contributed by atoms with Crippen molar-refractivity contribution in [1.82, 2.24) is 5.32 Å². The molecule has 1 aromatic rings. The van der Waals surface area contributed by atoms with Crippen LogP contribution >= 0.6 is 23.4 Å². The number of hydrogen-bond donors (Lipinski definition) is 1. The Labute approximate surface area is 112 Å². The first-order valence-corrected chi connectivity index (χ1v) is 7.34. The average molecular weight is 272 g/mol. The Hall–Kier alpha value is -0.670. The third-order valence-electron chi connectivity index (χ3n) is 2.25. The number of halogens is 1. The largest absolute Gasteiger partial charge is 0.351 e. The number of rotatable bonds is 7. The van der Waals surface area contributed by atoms with Crippen LogP contribution < -0.4 is 5.32 Å². The van der Waals surface area contributed by atoms with Gasteiger partial charge in [-0.25, -0.2) is 0 Å². The molecule has 0 unspecified atom stereocenters. The maximum Gasteiger partial charge on any atom is 0.230 e. The van der Waals surface area contributed by atoms with Crippen LogP contribution in [0.4, 0.5) is 0 Å². The molecule has 94 valence electrons. The van der Waals surface area contributed by atoms with Gasteiger partial charge in [0.2, 0.25) is 5.91 Å². The lowest BCUT2D eigenvalue weighted by molar-refractivity contribution is -0.118. The van der Waals surface area contributed by atoms with Crippen molar-refractivity contribution in [2.75, 3.05) is 11.5 Å². The molecule has 0 aliphatic rings. The molecule has 1 N–H and O–H groups in total. The first kappa shape index (κ1) is 14.4. The van der Waals surface area contributed by atoms with Gasteiger partial charge in [-0.15, -0.1) is 0 Å². The van der Waals surface area contributed by atoms with Crippen LogP contribution in [0, 0.1) is 0 Å². The minimum atomic E-state index is 0.0890. The molecule has 0 heterocycles. The van der Waals surface area contributed by atoms with Crippen LogP contribution in [0.2, 0.25) is 5.02 Å². The van der Waals surface area contributed by atoms with Crippen molar-refractivity contribution >= 4 is 29.3 Å². The van der Waals surface area contributed by atoms with Crippen molar-refractivity contribution in [3.05, 3.63) is 34.9 Å². The summed E-state index contributed by atoms with van der Waals surface area (Å²) in [6, 6.07) is 7.54. The fraction of sp³-hybridized carbons (Fsp3) is 0.462. The summed E-state index contributed by atoms with van der Waals surface area (Å²) in [4.78, 5) is 11.5. The van der Waals surface area contributed by atoms with Gasteiger partial charge in [0.15, 0.2) is 0 Å². The number of benzene rings is 1. The zero-order chi connectivity index (χ0) is 12.5. The van der Waals surface area contributed by atoms with Crippen LogP contribution in [0.25, 0.3) is 0 Å². The van der Waals surface area contributed by atoms with Gasteiger partial charge in [0.1, 0.15) is 0 Å². The predicted octanol–water partition coefficient (Wildman–Crippen LogP) is 3.49. The lowest BCUT2D eigenvalue weighted by Gasteiger charge is -2.05. The molecule has 2 nitrogen and oxygen atoms in total. The maximum absolute atomic E-state index is 11.5. The summed E-state index contributed by atoms with van der Waals surface area (Å²) in [6.45, 7) is 2.70. The molecule has 0 saturated carbocycles. The third-order valence-corrected chi connectivity index (χ3v) is 3.53. The molecule has 0 aliphatic carbocycles. The molecule has 17 heavy (non-hydrogen) atoms. The molecule has 0 radical (unpaired) electrons. The molecule has 1 amide bonds. The number of carbonyl (C=O) groups is 1. The van der Waals surface area contributed by atoms with E-state index in [9.17, 15) is 4.79 Å². The Bertz CT molecular complexity index is 357. The smallest absolute Gasteiger partial charge is 0.230 e. The van der Waals surface area contributed by atoms with Gasteiger partial charge in [-0.1, -0.05) is 37.1 Å². The van der Waals surface area contributed by atoms with E-state index in [2.05, 4.69) is 12.2 Å². The molecular formula is C13H18ClNOS. The van der Waals surface area contributed by atoms with Crippen LogP contribution in [-0.4, -0.2) is 17.4 Å². The van der Waals surface area contributed by atoms with Gasteiger partial charge >= 0.3 is 0 Å². The topological polar surface area (TPSA) is 29.1 Å². The molecule has 1 rings (SSSR count). The normalized spacial score (nSPS) is 10.2. The first-order chi connectivity index (χ1) is 8.22. The van der Waals surface area contributed by atoms with Crippen LogP contribution in [0.5, 0.6) is 0 Å². The summed E-state index contributed by atoms with van der Waals surface area (Å²) in [7, 11) is 0. The molecular weight excluding hydrogens is 254 g/mol. The lowest BCUT2D eigenvalue weighted by Crippen LogP contribution is -2.24. The SMILES string of the molecule is CCCCSCC(=O)NCc1cccc(Cl)c1. The fourth-order valence-corrected chi connectivity index (χ4v) is 2.45. The Morgan fingerprint density at radius 2 is 2.29 bits per heavy atom. The lowest BCUT2D eigenvalue weighted by atomic mass is 10.2. The van der Waals surface area contributed by atoms with E-state index in [-0.39, 0.29) is 5.91 Å². The van der Waals surface area contributed by atoms with Gasteiger partial charge in [-0.2, -0.15) is 11.8 Å². The number of thioether (sulfide) groups is 1. The number of nitrogens with one attached hydrogen (secondary N) is 1. The zero-order valence-electron chi connectivity index (χ0n) is 10.0. The molecule has 1 aromatic carbocycles. The third kappa shape index (κ3) is 6.59. The number of amides is 1. The minimum absolute atomic E-state index is 0.0890. The average Bonchev–Trinajstić information content (AvgIpc) is 2.32.